The summed E-state index contributed by atoms with van der Waals surface area (Å²) in [5.41, 5.74) is 6.81. The molecular weight excluding hydrogens is 188 g/mol. The highest BCUT2D eigenvalue weighted by Gasteiger charge is 2.13. The molecule has 4 heteroatoms. The molecule has 0 aliphatic heterocycles. The lowest BCUT2D eigenvalue weighted by atomic mass is 10.0. The Bertz CT molecular complexity index is 263. The summed E-state index contributed by atoms with van der Waals surface area (Å²) in [7, 11) is 0. The van der Waals surface area contributed by atoms with E-state index >= 15 is 0 Å². The molecule has 0 heterocycles. The van der Waals surface area contributed by atoms with Crippen molar-refractivity contribution in [2.24, 2.45) is 11.6 Å². The van der Waals surface area contributed by atoms with E-state index in [1.54, 1.807) is 12.1 Å². The number of hydrogen-bond acceptors (Lipinski definition) is 3. The Morgan fingerprint density at radius 1 is 1.31 bits per heavy atom. The lowest BCUT2D eigenvalue weighted by molar-refractivity contribution is 0.0480. The van der Waals surface area contributed by atoms with E-state index in [0.29, 0.717) is 5.02 Å². The van der Waals surface area contributed by atoms with Crippen molar-refractivity contribution in [2.75, 3.05) is 0 Å². The molecule has 0 amide bonds. The van der Waals surface area contributed by atoms with Gasteiger partial charge in [0.1, 0.15) is 0 Å². The largest absolute Gasteiger partial charge is 0.322 e. The first kappa shape index (κ1) is 10.5. The number of hydrogen-bond donors (Lipinski definition) is 2. The van der Waals surface area contributed by atoms with Crippen LogP contribution in [0.3, 0.4) is 0 Å². The summed E-state index contributed by atoms with van der Waals surface area (Å²) in [5, 5.41) is 0.692. The van der Waals surface area contributed by atoms with Crippen LogP contribution in [0.2, 0.25) is 5.02 Å². The minimum atomic E-state index is -0.220. The maximum absolute atomic E-state index is 5.85. The molecule has 4 N–H and O–H groups in total. The zero-order chi connectivity index (χ0) is 9.84. The van der Waals surface area contributed by atoms with E-state index in [9.17, 15) is 0 Å². The predicted molar refractivity (Wildman–Crippen MR) is 53.1 cm³/mol. The van der Waals surface area contributed by atoms with Gasteiger partial charge in [-0.25, -0.2) is 5.90 Å². The van der Waals surface area contributed by atoms with E-state index in [0.717, 1.165) is 5.56 Å². The fraction of sp³-hybridized carbons (Fsp3) is 0.333. The van der Waals surface area contributed by atoms with Crippen LogP contribution in [-0.2, 0) is 4.84 Å². The third kappa shape index (κ3) is 2.67. The van der Waals surface area contributed by atoms with Crippen molar-refractivity contribution in [1.29, 1.82) is 0 Å². The molecule has 1 aromatic carbocycles. The Kier molecular flexibility index (Phi) is 3.69. The lowest BCUT2D eigenvalue weighted by Crippen LogP contribution is -2.28. The summed E-state index contributed by atoms with van der Waals surface area (Å²) in [6.45, 7) is 1.82. The Morgan fingerprint density at radius 2 is 1.85 bits per heavy atom. The van der Waals surface area contributed by atoms with Crippen LogP contribution in [0, 0.1) is 0 Å². The van der Waals surface area contributed by atoms with Gasteiger partial charge < -0.3 is 5.73 Å². The van der Waals surface area contributed by atoms with E-state index in [2.05, 4.69) is 4.84 Å². The second-order valence-corrected chi connectivity index (χ2v) is 3.35. The zero-order valence-corrected chi connectivity index (χ0v) is 8.16. The Morgan fingerprint density at radius 3 is 2.31 bits per heavy atom. The number of rotatable bonds is 3. The van der Waals surface area contributed by atoms with Crippen molar-refractivity contribution in [1.82, 2.24) is 0 Å². The van der Waals surface area contributed by atoms with Crippen LogP contribution in [0.5, 0.6) is 0 Å². The first-order valence-electron chi connectivity index (χ1n) is 4.01. The second-order valence-electron chi connectivity index (χ2n) is 2.92. The highest BCUT2D eigenvalue weighted by Crippen LogP contribution is 2.17. The molecule has 0 unspecified atom stereocenters. The average Bonchev–Trinajstić information content (AvgIpc) is 2.17. The van der Waals surface area contributed by atoms with Gasteiger partial charge in [0.25, 0.3) is 0 Å². The topological polar surface area (TPSA) is 61.3 Å². The van der Waals surface area contributed by atoms with Crippen LogP contribution in [-0.4, -0.2) is 6.10 Å². The average molecular weight is 201 g/mol. The van der Waals surface area contributed by atoms with E-state index in [1.165, 1.54) is 0 Å². The molecule has 0 bridgehead atoms. The summed E-state index contributed by atoms with van der Waals surface area (Å²) in [6.07, 6.45) is -0.207. The normalized spacial score (nSPS) is 15.4. The number of nitrogens with two attached hydrogens (primary N) is 2. The second kappa shape index (κ2) is 4.58. The van der Waals surface area contributed by atoms with Crippen molar-refractivity contribution < 1.29 is 4.84 Å². The third-order valence-electron chi connectivity index (χ3n) is 1.98. The van der Waals surface area contributed by atoms with Crippen LogP contribution in [0.25, 0.3) is 0 Å². The summed E-state index contributed by atoms with van der Waals surface area (Å²) < 4.78 is 0. The molecule has 2 atom stereocenters. The van der Waals surface area contributed by atoms with E-state index in [1.807, 2.05) is 19.1 Å². The molecule has 72 valence electrons. The molecule has 0 spiro atoms. The van der Waals surface area contributed by atoms with Crippen molar-refractivity contribution >= 4 is 11.6 Å². The van der Waals surface area contributed by atoms with Crippen LogP contribution in [0.4, 0.5) is 0 Å². The van der Waals surface area contributed by atoms with Crippen LogP contribution < -0.4 is 11.6 Å². The maximum atomic E-state index is 5.85. The van der Waals surface area contributed by atoms with Crippen molar-refractivity contribution in [2.45, 2.75) is 19.1 Å². The van der Waals surface area contributed by atoms with Crippen LogP contribution in [0.15, 0.2) is 24.3 Å². The molecule has 0 radical (unpaired) electrons. The van der Waals surface area contributed by atoms with Gasteiger partial charge in [-0.1, -0.05) is 23.7 Å². The molecule has 0 fully saturated rings. The summed E-state index contributed by atoms with van der Waals surface area (Å²) >= 11 is 5.73. The quantitative estimate of drug-likeness (QED) is 0.729. The fourth-order valence-electron chi connectivity index (χ4n) is 1.04. The standard InChI is InChI=1S/C9H13ClN2O/c1-6(13-12)9(11)7-2-4-8(10)5-3-7/h2-6,9H,11-12H2,1H3/t6-,9+/m0/s1. The highest BCUT2D eigenvalue weighted by atomic mass is 35.5. The zero-order valence-electron chi connectivity index (χ0n) is 7.41. The summed E-state index contributed by atoms with van der Waals surface area (Å²) in [4.78, 5) is 4.64. The highest BCUT2D eigenvalue weighted by molar-refractivity contribution is 6.30. The van der Waals surface area contributed by atoms with E-state index < -0.39 is 0 Å². The monoisotopic (exact) mass is 200 g/mol. The molecule has 0 aliphatic carbocycles. The van der Waals surface area contributed by atoms with Crippen LogP contribution in [0.1, 0.15) is 18.5 Å². The van der Waals surface area contributed by atoms with Gasteiger partial charge in [0.2, 0.25) is 0 Å². The summed E-state index contributed by atoms with van der Waals surface area (Å²) in [6, 6.07) is 7.09. The van der Waals surface area contributed by atoms with Gasteiger partial charge in [-0.05, 0) is 24.6 Å². The minimum absolute atomic E-state index is 0.207. The molecule has 3 nitrogen and oxygen atoms in total. The molecule has 0 saturated carbocycles. The third-order valence-corrected chi connectivity index (χ3v) is 2.23. The summed E-state index contributed by atoms with van der Waals surface area (Å²) in [5.74, 6) is 5.03. The molecule has 13 heavy (non-hydrogen) atoms. The first-order chi connectivity index (χ1) is 6.15. The van der Waals surface area contributed by atoms with Gasteiger partial charge >= 0.3 is 0 Å². The Labute approximate surface area is 82.6 Å². The SMILES string of the molecule is C[C@H](ON)[C@@H](N)c1ccc(Cl)cc1. The van der Waals surface area contributed by atoms with Gasteiger partial charge in [0, 0.05) is 5.02 Å². The fourth-order valence-corrected chi connectivity index (χ4v) is 1.17. The molecule has 1 aromatic rings. The van der Waals surface area contributed by atoms with Crippen molar-refractivity contribution in [3.8, 4) is 0 Å². The van der Waals surface area contributed by atoms with Crippen molar-refractivity contribution in [3.05, 3.63) is 34.9 Å². The first-order valence-corrected chi connectivity index (χ1v) is 4.39. The Balaban J connectivity index is 2.77. The molecule has 0 aliphatic rings. The van der Waals surface area contributed by atoms with Crippen molar-refractivity contribution in [3.63, 3.8) is 0 Å². The smallest absolute Gasteiger partial charge is 0.0951 e. The van der Waals surface area contributed by atoms with Gasteiger partial charge in [0.15, 0.2) is 0 Å². The van der Waals surface area contributed by atoms with Gasteiger partial charge in [-0.3, -0.25) is 4.84 Å². The molecule has 0 saturated heterocycles. The predicted octanol–water partition coefficient (Wildman–Crippen LogP) is 1.62. The lowest BCUT2D eigenvalue weighted by Gasteiger charge is -2.17. The van der Waals surface area contributed by atoms with Gasteiger partial charge in [0.05, 0.1) is 12.1 Å². The number of halogens is 1. The van der Waals surface area contributed by atoms with Gasteiger partial charge in [-0.2, -0.15) is 0 Å². The molecule has 1 rings (SSSR count). The molecular formula is C9H13ClN2O. The minimum Gasteiger partial charge on any atom is -0.322 e. The maximum Gasteiger partial charge on any atom is 0.0951 e. The van der Waals surface area contributed by atoms with Crippen LogP contribution >= 0.6 is 11.6 Å². The van der Waals surface area contributed by atoms with Gasteiger partial charge in [-0.15, -0.1) is 0 Å². The van der Waals surface area contributed by atoms with E-state index in [4.69, 9.17) is 23.2 Å². The number of benzene rings is 1. The van der Waals surface area contributed by atoms with E-state index in [-0.39, 0.29) is 12.1 Å². The Hall–Kier alpha value is -0.610. The molecule has 0 aromatic heterocycles.